The van der Waals surface area contributed by atoms with E-state index in [2.05, 4.69) is 67.2 Å². The van der Waals surface area contributed by atoms with Gasteiger partial charge in [0.25, 0.3) is 0 Å². The minimum atomic E-state index is -2.34. The number of ether oxygens (including phenoxy) is 2. The third-order valence-electron chi connectivity index (χ3n) is 7.73. The molecule has 0 N–H and O–H groups in total. The molecule has 0 unspecified atom stereocenters. The van der Waals surface area contributed by atoms with Crippen LogP contribution in [-0.4, -0.2) is 25.3 Å². The Morgan fingerprint density at radius 1 is 0.905 bits per heavy atom. The Labute approximate surface area is 258 Å². The molecule has 0 fully saturated rings. The fraction of sp³-hybridized carbons (Fsp3) is 0.143. The summed E-state index contributed by atoms with van der Waals surface area (Å²) in [7, 11) is 0. The second-order valence-corrected chi connectivity index (χ2v) is 11.5. The van der Waals surface area contributed by atoms with Gasteiger partial charge in [-0.05, 0) is 37.0 Å². The summed E-state index contributed by atoms with van der Waals surface area (Å²) in [4.78, 5) is 4.72. The quantitative estimate of drug-likeness (QED) is 0.176. The van der Waals surface area contributed by atoms with Crippen LogP contribution in [0.4, 0.5) is 0 Å². The number of aromatic nitrogens is 4. The SMILES string of the molecule is [2H]C([2H])([2H])n1[c](=[Pt])n(-c2[c-]c(Oc3[c-]c4c(cc3)c3cc5c(cc3n4-c3cc(C)ccn3)OCCC5)ccc2)c2ccccc21. The summed E-state index contributed by atoms with van der Waals surface area (Å²) in [5.41, 5.74) is 6.22. The Bertz CT molecular complexity index is 2350. The van der Waals surface area contributed by atoms with Gasteiger partial charge in [-0.3, -0.25) is 0 Å². The molecule has 0 bridgehead atoms. The number of aryl methyl sites for hydroxylation is 3. The van der Waals surface area contributed by atoms with Crippen molar-refractivity contribution >= 4 is 32.8 Å². The van der Waals surface area contributed by atoms with E-state index in [1.165, 1.54) is 10.1 Å². The van der Waals surface area contributed by atoms with E-state index in [1.54, 1.807) is 0 Å². The van der Waals surface area contributed by atoms with E-state index in [4.69, 9.17) is 18.6 Å². The fourth-order valence-corrected chi connectivity index (χ4v) is 6.62. The molecule has 3 aromatic heterocycles. The van der Waals surface area contributed by atoms with Gasteiger partial charge in [0.1, 0.15) is 5.75 Å². The minimum absolute atomic E-state index is 0.484. The first-order valence-corrected chi connectivity index (χ1v) is 14.9. The zero-order chi connectivity index (χ0) is 30.9. The molecule has 1 aliphatic rings. The zero-order valence-corrected chi connectivity index (χ0v) is 24.9. The predicted octanol–water partition coefficient (Wildman–Crippen LogP) is 7.57. The third-order valence-corrected chi connectivity index (χ3v) is 8.74. The van der Waals surface area contributed by atoms with Crippen molar-refractivity contribution in [3.8, 4) is 28.8 Å². The van der Waals surface area contributed by atoms with Crippen molar-refractivity contribution in [2.24, 2.45) is 6.98 Å². The molecule has 4 heterocycles. The van der Waals surface area contributed by atoms with Crippen LogP contribution < -0.4 is 9.47 Å². The van der Waals surface area contributed by atoms with E-state index in [1.807, 2.05) is 65.4 Å². The number of benzene rings is 4. The van der Waals surface area contributed by atoms with Gasteiger partial charge in [-0.2, -0.15) is 0 Å². The van der Waals surface area contributed by atoms with Crippen LogP contribution in [0.3, 0.4) is 0 Å². The van der Waals surface area contributed by atoms with Crippen LogP contribution in [0.25, 0.3) is 44.3 Å². The number of imidazole rings is 1. The second-order valence-electron chi connectivity index (χ2n) is 10.4. The van der Waals surface area contributed by atoms with E-state index < -0.39 is 6.98 Å². The van der Waals surface area contributed by atoms with Gasteiger partial charge < -0.3 is 4.74 Å². The van der Waals surface area contributed by atoms with E-state index in [0.29, 0.717) is 26.5 Å². The number of rotatable bonds is 4. The Morgan fingerprint density at radius 3 is 2.67 bits per heavy atom. The average molecular weight is 733 g/mol. The van der Waals surface area contributed by atoms with Crippen LogP contribution in [0.5, 0.6) is 17.2 Å². The number of hydrogen-bond acceptors (Lipinski definition) is 3. The van der Waals surface area contributed by atoms with Crippen LogP contribution in [0.15, 0.2) is 85.1 Å². The summed E-state index contributed by atoms with van der Waals surface area (Å²) in [6.07, 6.45) is 3.81. The molecule has 6 nitrogen and oxygen atoms in total. The van der Waals surface area contributed by atoms with Gasteiger partial charge in [-0.15, -0.1) is 0 Å². The number of hydrogen-bond donors (Lipinski definition) is 0. The average Bonchev–Trinajstić information content (AvgIpc) is 3.50. The van der Waals surface area contributed by atoms with Crippen LogP contribution >= 0.6 is 0 Å². The predicted molar refractivity (Wildman–Crippen MR) is 160 cm³/mol. The molecule has 0 spiro atoms. The van der Waals surface area contributed by atoms with Crippen molar-refractivity contribution in [2.75, 3.05) is 6.61 Å². The van der Waals surface area contributed by atoms with Crippen LogP contribution in [0.2, 0.25) is 0 Å². The molecule has 8 rings (SSSR count). The Balaban J connectivity index is 1.26. The monoisotopic (exact) mass is 732 g/mol. The zero-order valence-electron chi connectivity index (χ0n) is 25.6. The van der Waals surface area contributed by atoms with Crippen molar-refractivity contribution in [1.29, 1.82) is 0 Å². The Morgan fingerprint density at radius 2 is 1.79 bits per heavy atom. The molecule has 0 atom stereocenters. The maximum absolute atomic E-state index is 8.13. The number of para-hydroxylation sites is 2. The van der Waals surface area contributed by atoms with Crippen molar-refractivity contribution in [3.63, 3.8) is 0 Å². The van der Waals surface area contributed by atoms with Gasteiger partial charge in [0.2, 0.25) is 0 Å². The fourth-order valence-electron chi connectivity index (χ4n) is 5.80. The molecule has 0 radical (unpaired) electrons. The second kappa shape index (κ2) is 9.85. The van der Waals surface area contributed by atoms with Crippen LogP contribution in [0.1, 0.15) is 21.7 Å². The van der Waals surface area contributed by atoms with Gasteiger partial charge in [0.05, 0.1) is 6.61 Å². The van der Waals surface area contributed by atoms with Crippen molar-refractivity contribution in [3.05, 3.63) is 112 Å². The molecule has 0 amide bonds. The summed E-state index contributed by atoms with van der Waals surface area (Å²) in [6, 6.07) is 32.3. The first-order chi connectivity index (χ1) is 21.8. The molecular weight excluding hydrogens is 703 g/mol. The normalized spacial score (nSPS) is 14.4. The number of fused-ring (bicyclic) bond motifs is 5. The number of nitrogens with zero attached hydrogens (tertiary/aromatic N) is 4. The third kappa shape index (κ3) is 4.05. The molecule has 42 heavy (non-hydrogen) atoms. The van der Waals surface area contributed by atoms with Crippen molar-refractivity contribution in [2.45, 2.75) is 19.8 Å². The summed E-state index contributed by atoms with van der Waals surface area (Å²) in [6.45, 7) is 0.436. The topological polar surface area (TPSA) is 46.1 Å². The van der Waals surface area contributed by atoms with E-state index in [9.17, 15) is 0 Å². The maximum atomic E-state index is 8.13. The van der Waals surface area contributed by atoms with Gasteiger partial charge >= 0.3 is 198 Å². The summed E-state index contributed by atoms with van der Waals surface area (Å²) in [5.74, 6) is 2.72. The van der Waals surface area contributed by atoms with E-state index >= 15 is 0 Å². The van der Waals surface area contributed by atoms with E-state index in [-0.39, 0.29) is 0 Å². The molecular formula is C35H26N4O2Pt-2. The van der Waals surface area contributed by atoms with Crippen LogP contribution in [-0.2, 0) is 32.8 Å². The van der Waals surface area contributed by atoms with E-state index in [0.717, 1.165) is 63.9 Å². The summed E-state index contributed by atoms with van der Waals surface area (Å²) < 4.78 is 42.7. The Kier molecular flexibility index (Phi) is 5.21. The summed E-state index contributed by atoms with van der Waals surface area (Å²) >= 11 is 2.06. The molecule has 4 aromatic carbocycles. The van der Waals surface area contributed by atoms with Gasteiger partial charge in [0.15, 0.2) is 0 Å². The molecule has 0 saturated heterocycles. The standard InChI is InChI=1S/C35H26N4O2.Pt/c1-23-14-15-36-35(17-23)39-32-20-27(12-13-28(32)29-18-24-7-6-16-40-34(24)21-33(29)39)41-26-9-5-8-25(19-26)38-22-37(2)30-10-3-4-11-31(30)38;/h3-5,8-15,17-18,21H,6-7,16H2,1-2H3;/q-2;/i2D3;. The van der Waals surface area contributed by atoms with Crippen molar-refractivity contribution in [1.82, 2.24) is 18.7 Å². The molecule has 210 valence electrons. The first kappa shape index (κ1) is 22.2. The molecule has 7 heteroatoms. The van der Waals surface area contributed by atoms with Crippen molar-refractivity contribution < 1.29 is 32.9 Å². The molecule has 0 aliphatic carbocycles. The molecule has 1 aliphatic heterocycles. The van der Waals surface area contributed by atoms with Gasteiger partial charge in [-0.25, -0.2) is 0 Å². The molecule has 7 aromatic rings. The van der Waals surface area contributed by atoms with Gasteiger partial charge in [-0.1, -0.05) is 0 Å². The van der Waals surface area contributed by atoms with Crippen LogP contribution in [0, 0.1) is 22.9 Å². The first-order valence-electron chi connectivity index (χ1n) is 15.2. The summed E-state index contributed by atoms with van der Waals surface area (Å²) in [5, 5.41) is 2.17. The number of pyridine rings is 1. The Hall–Kier alpha value is -4.41. The molecule has 0 saturated carbocycles. The van der Waals surface area contributed by atoms with Gasteiger partial charge in [0, 0.05) is 6.20 Å².